The number of guanidine groups is 1. The molecule has 1 aliphatic rings. The van der Waals surface area contributed by atoms with Crippen molar-refractivity contribution < 1.29 is 9.53 Å². The van der Waals surface area contributed by atoms with Crippen LogP contribution < -0.4 is 10.6 Å². The predicted molar refractivity (Wildman–Crippen MR) is 142 cm³/mol. The first-order valence-electron chi connectivity index (χ1n) is 11.7. The second-order valence-electron chi connectivity index (χ2n) is 8.17. The zero-order valence-corrected chi connectivity index (χ0v) is 20.3. The van der Waals surface area contributed by atoms with Gasteiger partial charge in [-0.25, -0.2) is 19.7 Å². The highest BCUT2D eigenvalue weighted by molar-refractivity contribution is 7.22. The number of aromatic nitrogens is 1. The molecule has 0 saturated heterocycles. The Morgan fingerprint density at radius 2 is 1.83 bits per heavy atom. The number of carbonyl (C=O) groups is 1. The number of nitrogens with zero attached hydrogens (tertiary/aromatic N) is 3. The van der Waals surface area contributed by atoms with E-state index in [4.69, 9.17) is 9.73 Å². The zero-order chi connectivity index (χ0) is 24.0. The number of hydrogen-bond acceptors (Lipinski definition) is 7. The molecule has 0 bridgehead atoms. The number of hydrogen-bond donors (Lipinski definition) is 2. The van der Waals surface area contributed by atoms with Gasteiger partial charge in [-0.05, 0) is 48.7 Å². The molecule has 1 atom stereocenters. The SMILES string of the molecule is CCOC(=O)N1CC(c2ccccc2)N=C1Nc1ccc(CCNc2nc3ccccc3s2)cc1. The third kappa shape index (κ3) is 5.44. The van der Waals surface area contributed by atoms with Crippen LogP contribution >= 0.6 is 11.3 Å². The summed E-state index contributed by atoms with van der Waals surface area (Å²) in [7, 11) is 0. The van der Waals surface area contributed by atoms with E-state index in [1.807, 2.05) is 60.7 Å². The van der Waals surface area contributed by atoms with Crippen molar-refractivity contribution in [2.45, 2.75) is 19.4 Å². The van der Waals surface area contributed by atoms with Gasteiger partial charge in [0.2, 0.25) is 5.96 Å². The quantitative estimate of drug-likeness (QED) is 0.339. The lowest BCUT2D eigenvalue weighted by Gasteiger charge is -2.19. The minimum atomic E-state index is -0.394. The summed E-state index contributed by atoms with van der Waals surface area (Å²) < 4.78 is 6.44. The van der Waals surface area contributed by atoms with Gasteiger partial charge in [-0.3, -0.25) is 0 Å². The summed E-state index contributed by atoms with van der Waals surface area (Å²) in [5, 5.41) is 7.67. The van der Waals surface area contributed by atoms with Gasteiger partial charge in [-0.2, -0.15) is 0 Å². The van der Waals surface area contributed by atoms with E-state index < -0.39 is 6.09 Å². The molecule has 1 unspecified atom stereocenters. The first kappa shape index (κ1) is 22.9. The van der Waals surface area contributed by atoms with Crippen LogP contribution in [0.2, 0.25) is 0 Å². The van der Waals surface area contributed by atoms with Gasteiger partial charge < -0.3 is 15.4 Å². The minimum Gasteiger partial charge on any atom is -0.449 e. The maximum Gasteiger partial charge on any atom is 0.416 e. The molecular formula is C27H27N5O2S. The van der Waals surface area contributed by atoms with Crippen LogP contribution in [0.5, 0.6) is 0 Å². The largest absolute Gasteiger partial charge is 0.449 e. The summed E-state index contributed by atoms with van der Waals surface area (Å²) in [6.07, 6.45) is 0.483. The Balaban J connectivity index is 1.21. The number of amides is 1. The Bertz CT molecular complexity index is 1290. The average molecular weight is 486 g/mol. The van der Waals surface area contributed by atoms with E-state index in [2.05, 4.69) is 33.8 Å². The number of nitrogens with one attached hydrogen (secondary N) is 2. The van der Waals surface area contributed by atoms with E-state index >= 15 is 0 Å². The fourth-order valence-electron chi connectivity index (χ4n) is 3.98. The lowest BCUT2D eigenvalue weighted by Crippen LogP contribution is -2.38. The second kappa shape index (κ2) is 10.6. The number of aliphatic imine (C=N–C) groups is 1. The number of para-hydroxylation sites is 1. The number of fused-ring (bicyclic) bond motifs is 1. The lowest BCUT2D eigenvalue weighted by atomic mass is 10.1. The van der Waals surface area contributed by atoms with Gasteiger partial charge in [0.25, 0.3) is 0 Å². The Morgan fingerprint density at radius 3 is 2.60 bits per heavy atom. The van der Waals surface area contributed by atoms with Crippen molar-refractivity contribution in [3.05, 3.63) is 90.0 Å². The minimum absolute atomic E-state index is 0.129. The third-order valence-corrected chi connectivity index (χ3v) is 6.75. The number of benzene rings is 3. The van der Waals surface area contributed by atoms with Gasteiger partial charge in [-0.15, -0.1) is 0 Å². The van der Waals surface area contributed by atoms with Gasteiger partial charge >= 0.3 is 6.09 Å². The Labute approximate surface area is 208 Å². The summed E-state index contributed by atoms with van der Waals surface area (Å²) >= 11 is 1.67. The molecular weight excluding hydrogens is 458 g/mol. The summed E-state index contributed by atoms with van der Waals surface area (Å²) in [6, 6.07) is 26.2. The highest BCUT2D eigenvalue weighted by Crippen LogP contribution is 2.27. The standard InChI is InChI=1S/C27H27N5O2S/c1-2-34-27(33)32-18-23(20-8-4-3-5-9-20)30-25(32)29-21-14-12-19(13-15-21)16-17-28-26-31-22-10-6-7-11-24(22)35-26/h3-15,23H,2,16-18H2,1H3,(H,28,31)(H,29,30). The number of thiazole rings is 1. The van der Waals surface area contributed by atoms with E-state index in [-0.39, 0.29) is 6.04 Å². The highest BCUT2D eigenvalue weighted by Gasteiger charge is 2.32. The first-order valence-corrected chi connectivity index (χ1v) is 12.5. The maximum absolute atomic E-state index is 12.5. The van der Waals surface area contributed by atoms with Crippen LogP contribution in [0.15, 0.2) is 83.9 Å². The predicted octanol–water partition coefficient (Wildman–Crippen LogP) is 5.93. The van der Waals surface area contributed by atoms with Crippen molar-refractivity contribution in [2.24, 2.45) is 4.99 Å². The Kier molecular flexibility index (Phi) is 6.90. The molecule has 0 spiro atoms. The van der Waals surface area contributed by atoms with Gasteiger partial charge in [-0.1, -0.05) is 65.9 Å². The molecule has 1 amide bonds. The Hall–Kier alpha value is -3.91. The number of ether oxygens (including phenoxy) is 1. The van der Waals surface area contributed by atoms with Crippen molar-refractivity contribution in [1.29, 1.82) is 0 Å². The van der Waals surface area contributed by atoms with E-state index in [0.29, 0.717) is 19.1 Å². The highest BCUT2D eigenvalue weighted by atomic mass is 32.1. The molecule has 0 aliphatic carbocycles. The Morgan fingerprint density at radius 1 is 1.06 bits per heavy atom. The molecule has 8 heteroatoms. The zero-order valence-electron chi connectivity index (χ0n) is 19.5. The maximum atomic E-state index is 12.5. The van der Waals surface area contributed by atoms with Crippen LogP contribution in [0.4, 0.5) is 15.6 Å². The monoisotopic (exact) mass is 485 g/mol. The van der Waals surface area contributed by atoms with Gasteiger partial charge in [0.15, 0.2) is 5.13 Å². The molecule has 0 fully saturated rings. The summed E-state index contributed by atoms with van der Waals surface area (Å²) in [4.78, 5) is 23.5. The van der Waals surface area contributed by atoms with Crippen molar-refractivity contribution in [1.82, 2.24) is 9.88 Å². The smallest absolute Gasteiger partial charge is 0.416 e. The van der Waals surface area contributed by atoms with E-state index in [1.165, 1.54) is 10.3 Å². The number of carbonyl (C=O) groups excluding carboxylic acids is 1. The molecule has 2 heterocycles. The fraction of sp³-hybridized carbons (Fsp3) is 0.222. The fourth-order valence-corrected chi connectivity index (χ4v) is 4.87. The molecule has 5 rings (SSSR count). The molecule has 2 N–H and O–H groups in total. The van der Waals surface area contributed by atoms with Crippen LogP contribution in [-0.2, 0) is 11.2 Å². The van der Waals surface area contributed by atoms with Crippen molar-refractivity contribution in [3.8, 4) is 0 Å². The van der Waals surface area contributed by atoms with E-state index in [9.17, 15) is 4.79 Å². The van der Waals surface area contributed by atoms with E-state index in [0.717, 1.165) is 34.9 Å². The van der Waals surface area contributed by atoms with Crippen molar-refractivity contribution in [2.75, 3.05) is 30.3 Å². The van der Waals surface area contributed by atoms with Gasteiger partial charge in [0.1, 0.15) is 0 Å². The molecule has 35 heavy (non-hydrogen) atoms. The van der Waals surface area contributed by atoms with Crippen molar-refractivity contribution >= 4 is 44.4 Å². The van der Waals surface area contributed by atoms with Crippen LogP contribution in [-0.4, -0.2) is 41.6 Å². The second-order valence-corrected chi connectivity index (χ2v) is 9.20. The van der Waals surface area contributed by atoms with E-state index in [1.54, 1.807) is 23.2 Å². The molecule has 178 valence electrons. The van der Waals surface area contributed by atoms with Crippen LogP contribution in [0, 0.1) is 0 Å². The first-order chi connectivity index (χ1) is 17.2. The summed E-state index contributed by atoms with van der Waals surface area (Å²) in [6.45, 7) is 3.37. The average Bonchev–Trinajstić information content (AvgIpc) is 3.50. The third-order valence-electron chi connectivity index (χ3n) is 5.76. The van der Waals surface area contributed by atoms with Crippen molar-refractivity contribution in [3.63, 3.8) is 0 Å². The number of rotatable bonds is 7. The topological polar surface area (TPSA) is 78.8 Å². The lowest BCUT2D eigenvalue weighted by molar-refractivity contribution is 0.129. The van der Waals surface area contributed by atoms with Gasteiger partial charge in [0.05, 0.1) is 29.4 Å². The molecule has 1 aliphatic heterocycles. The molecule has 0 radical (unpaired) electrons. The number of anilines is 2. The van der Waals surface area contributed by atoms with Crippen LogP contribution in [0.1, 0.15) is 24.1 Å². The van der Waals surface area contributed by atoms with Crippen LogP contribution in [0.3, 0.4) is 0 Å². The molecule has 1 aromatic heterocycles. The molecule has 4 aromatic rings. The molecule has 7 nitrogen and oxygen atoms in total. The summed E-state index contributed by atoms with van der Waals surface area (Å²) in [5.74, 6) is 0.502. The summed E-state index contributed by atoms with van der Waals surface area (Å²) in [5.41, 5.74) is 4.17. The normalized spacial score (nSPS) is 15.2. The van der Waals surface area contributed by atoms with Gasteiger partial charge in [0, 0.05) is 12.2 Å². The molecule has 0 saturated carbocycles. The van der Waals surface area contributed by atoms with Crippen LogP contribution in [0.25, 0.3) is 10.2 Å². The molecule has 3 aromatic carbocycles.